The third-order valence-corrected chi connectivity index (χ3v) is 5.67. The number of piperidine rings is 1. The zero-order chi connectivity index (χ0) is 21.3. The Hall–Kier alpha value is -3.29. The van der Waals surface area contributed by atoms with Gasteiger partial charge in [0, 0.05) is 26.2 Å². The van der Waals surface area contributed by atoms with Crippen molar-refractivity contribution >= 4 is 28.3 Å². The van der Waals surface area contributed by atoms with Gasteiger partial charge in [0.25, 0.3) is 5.91 Å². The van der Waals surface area contributed by atoms with Crippen molar-refractivity contribution in [2.45, 2.75) is 46.2 Å². The number of amides is 1. The minimum atomic E-state index is -0.555. The average molecular weight is 410 g/mol. The summed E-state index contributed by atoms with van der Waals surface area (Å²) in [7, 11) is 0. The summed E-state index contributed by atoms with van der Waals surface area (Å²) in [4.78, 5) is 40.2. The van der Waals surface area contributed by atoms with E-state index in [4.69, 9.17) is 4.42 Å². The SMILES string of the molecule is CCn1c(=O)c(=O)n(CC)c2cc(N3CCCCC3)c(NC(=O)c3ccco3)cc21. The van der Waals surface area contributed by atoms with E-state index in [0.717, 1.165) is 31.6 Å². The van der Waals surface area contributed by atoms with Crippen LogP contribution in [0.1, 0.15) is 43.7 Å². The number of carbonyl (C=O) groups excluding carboxylic acids is 1. The number of hydrogen-bond donors (Lipinski definition) is 1. The first-order chi connectivity index (χ1) is 14.5. The molecule has 0 atom stereocenters. The molecule has 0 saturated carbocycles. The minimum Gasteiger partial charge on any atom is -0.459 e. The molecule has 4 rings (SSSR count). The van der Waals surface area contributed by atoms with E-state index in [1.165, 1.54) is 21.8 Å². The van der Waals surface area contributed by atoms with Crippen LogP contribution in [0, 0.1) is 0 Å². The van der Waals surface area contributed by atoms with Gasteiger partial charge in [0.1, 0.15) is 0 Å². The monoisotopic (exact) mass is 410 g/mol. The van der Waals surface area contributed by atoms with Crippen LogP contribution in [0.5, 0.6) is 0 Å². The fraction of sp³-hybridized carbons (Fsp3) is 0.409. The van der Waals surface area contributed by atoms with Crippen molar-refractivity contribution in [1.29, 1.82) is 0 Å². The van der Waals surface area contributed by atoms with Crippen molar-refractivity contribution in [2.24, 2.45) is 0 Å². The predicted octanol–water partition coefficient (Wildman–Crippen LogP) is 3.04. The molecule has 0 aliphatic carbocycles. The summed E-state index contributed by atoms with van der Waals surface area (Å²) in [6, 6.07) is 6.99. The van der Waals surface area contributed by atoms with Crippen LogP contribution < -0.4 is 21.3 Å². The summed E-state index contributed by atoms with van der Waals surface area (Å²) < 4.78 is 8.20. The Morgan fingerprint density at radius 2 is 1.63 bits per heavy atom. The number of nitrogens with one attached hydrogen (secondary N) is 1. The topological polar surface area (TPSA) is 89.5 Å². The molecule has 0 radical (unpaired) electrons. The number of aryl methyl sites for hydroxylation is 2. The number of hydrogen-bond acceptors (Lipinski definition) is 5. The van der Waals surface area contributed by atoms with Crippen molar-refractivity contribution in [1.82, 2.24) is 9.13 Å². The quantitative estimate of drug-likeness (QED) is 0.653. The van der Waals surface area contributed by atoms with E-state index < -0.39 is 11.1 Å². The highest BCUT2D eigenvalue weighted by molar-refractivity contribution is 6.05. The van der Waals surface area contributed by atoms with Gasteiger partial charge in [-0.2, -0.15) is 0 Å². The number of furan rings is 1. The second-order valence-electron chi connectivity index (χ2n) is 7.44. The molecular weight excluding hydrogens is 384 g/mol. The van der Waals surface area contributed by atoms with Crippen molar-refractivity contribution < 1.29 is 9.21 Å². The highest BCUT2D eigenvalue weighted by Gasteiger charge is 2.21. The van der Waals surface area contributed by atoms with Crippen LogP contribution in [0.4, 0.5) is 11.4 Å². The highest BCUT2D eigenvalue weighted by Crippen LogP contribution is 2.33. The Morgan fingerprint density at radius 1 is 1.00 bits per heavy atom. The molecule has 1 aromatic carbocycles. The molecule has 30 heavy (non-hydrogen) atoms. The maximum Gasteiger partial charge on any atom is 0.316 e. The van der Waals surface area contributed by atoms with Crippen molar-refractivity contribution in [3.8, 4) is 0 Å². The minimum absolute atomic E-state index is 0.214. The van der Waals surface area contributed by atoms with Crippen molar-refractivity contribution in [3.63, 3.8) is 0 Å². The lowest BCUT2D eigenvalue weighted by atomic mass is 10.1. The fourth-order valence-electron chi connectivity index (χ4n) is 4.16. The molecule has 8 nitrogen and oxygen atoms in total. The molecule has 1 saturated heterocycles. The van der Waals surface area contributed by atoms with Crippen LogP contribution in [0.2, 0.25) is 0 Å². The van der Waals surface area contributed by atoms with Gasteiger partial charge in [0.15, 0.2) is 5.76 Å². The molecular formula is C22H26N4O4. The fourth-order valence-corrected chi connectivity index (χ4v) is 4.16. The first kappa shape index (κ1) is 20.0. The van der Waals surface area contributed by atoms with Gasteiger partial charge in [-0.05, 0) is 57.4 Å². The number of aromatic nitrogens is 2. The first-order valence-corrected chi connectivity index (χ1v) is 10.5. The third-order valence-electron chi connectivity index (χ3n) is 5.67. The standard InChI is InChI=1S/C22H26N4O4/c1-3-25-17-13-15(23-20(27)19-9-8-12-30-19)16(24-10-6-5-7-11-24)14-18(17)26(4-2)22(29)21(25)28/h8-9,12-14H,3-7,10-11H2,1-2H3,(H,23,27). The molecule has 8 heteroatoms. The van der Waals surface area contributed by atoms with Gasteiger partial charge in [-0.1, -0.05) is 0 Å². The van der Waals surface area contributed by atoms with Crippen LogP contribution >= 0.6 is 0 Å². The van der Waals surface area contributed by atoms with Crippen LogP contribution in [-0.4, -0.2) is 28.1 Å². The number of carbonyl (C=O) groups is 1. The Labute approximate surface area is 173 Å². The molecule has 3 aromatic rings. The normalized spacial score (nSPS) is 14.3. The summed E-state index contributed by atoms with van der Waals surface area (Å²) in [6.07, 6.45) is 4.76. The van der Waals surface area contributed by atoms with Crippen molar-refractivity contribution in [2.75, 3.05) is 23.3 Å². The Morgan fingerprint density at radius 3 is 2.20 bits per heavy atom. The van der Waals surface area contributed by atoms with Gasteiger partial charge in [-0.3, -0.25) is 14.4 Å². The van der Waals surface area contributed by atoms with E-state index in [1.54, 1.807) is 18.2 Å². The third kappa shape index (κ3) is 3.42. The van der Waals surface area contributed by atoms with E-state index in [-0.39, 0.29) is 11.7 Å². The summed E-state index contributed by atoms with van der Waals surface area (Å²) in [5, 5.41) is 2.95. The molecule has 0 bridgehead atoms. The van der Waals surface area contributed by atoms with Crippen LogP contribution in [0.15, 0.2) is 44.5 Å². The van der Waals surface area contributed by atoms with Crippen molar-refractivity contribution in [3.05, 3.63) is 57.0 Å². The Balaban J connectivity index is 1.95. The number of fused-ring (bicyclic) bond motifs is 1. The van der Waals surface area contributed by atoms with E-state index in [1.807, 2.05) is 19.9 Å². The van der Waals surface area contributed by atoms with Gasteiger partial charge in [0.2, 0.25) is 0 Å². The summed E-state index contributed by atoms with van der Waals surface area (Å²) in [5.74, 6) is -0.141. The average Bonchev–Trinajstić information content (AvgIpc) is 3.31. The number of benzene rings is 1. The number of anilines is 2. The van der Waals surface area contributed by atoms with E-state index in [0.29, 0.717) is 29.8 Å². The Bertz CT molecular complexity index is 1180. The van der Waals surface area contributed by atoms with Crippen LogP contribution in [0.3, 0.4) is 0 Å². The van der Waals surface area contributed by atoms with Crippen LogP contribution in [0.25, 0.3) is 11.0 Å². The molecule has 1 aliphatic heterocycles. The van der Waals surface area contributed by atoms with Gasteiger partial charge in [-0.15, -0.1) is 0 Å². The molecule has 0 unspecified atom stereocenters. The molecule has 1 aliphatic rings. The van der Waals surface area contributed by atoms with E-state index >= 15 is 0 Å². The number of nitrogens with zero attached hydrogens (tertiary/aromatic N) is 3. The van der Waals surface area contributed by atoms with E-state index in [9.17, 15) is 14.4 Å². The molecule has 1 amide bonds. The summed E-state index contributed by atoms with van der Waals surface area (Å²) in [6.45, 7) is 6.19. The summed E-state index contributed by atoms with van der Waals surface area (Å²) in [5.41, 5.74) is 1.70. The maximum atomic E-state index is 12.7. The zero-order valence-corrected chi connectivity index (χ0v) is 17.3. The van der Waals surface area contributed by atoms with E-state index in [2.05, 4.69) is 10.2 Å². The van der Waals surface area contributed by atoms with Gasteiger partial charge in [-0.25, -0.2) is 0 Å². The largest absolute Gasteiger partial charge is 0.459 e. The van der Waals surface area contributed by atoms with Gasteiger partial charge in [0.05, 0.1) is 28.7 Å². The maximum absolute atomic E-state index is 12.7. The zero-order valence-electron chi connectivity index (χ0n) is 17.3. The van der Waals surface area contributed by atoms with Crippen LogP contribution in [-0.2, 0) is 13.1 Å². The molecule has 1 fully saturated rings. The predicted molar refractivity (Wildman–Crippen MR) is 117 cm³/mol. The molecule has 3 heterocycles. The second kappa shape index (κ2) is 8.22. The first-order valence-electron chi connectivity index (χ1n) is 10.5. The van der Waals surface area contributed by atoms with Gasteiger partial charge >= 0.3 is 11.1 Å². The molecule has 2 aromatic heterocycles. The molecule has 1 N–H and O–H groups in total. The summed E-state index contributed by atoms with van der Waals surface area (Å²) >= 11 is 0. The lowest BCUT2D eigenvalue weighted by Crippen LogP contribution is -2.41. The Kier molecular flexibility index (Phi) is 5.48. The second-order valence-corrected chi connectivity index (χ2v) is 7.44. The lowest BCUT2D eigenvalue weighted by molar-refractivity contribution is 0.0996. The smallest absolute Gasteiger partial charge is 0.316 e. The van der Waals surface area contributed by atoms with Gasteiger partial charge < -0.3 is 23.8 Å². The molecule has 158 valence electrons. The lowest BCUT2D eigenvalue weighted by Gasteiger charge is -2.31. The molecule has 0 spiro atoms. The highest BCUT2D eigenvalue weighted by atomic mass is 16.3. The number of rotatable bonds is 5.